The Balaban J connectivity index is 2.44. The summed E-state index contributed by atoms with van der Waals surface area (Å²) in [4.78, 5) is 11.0. The van der Waals surface area contributed by atoms with E-state index in [0.717, 1.165) is 11.5 Å². The molecule has 0 saturated heterocycles. The molecular weight excluding hydrogens is 220 g/mol. The minimum absolute atomic E-state index is 0.0561. The molecule has 94 valence electrons. The van der Waals surface area contributed by atoms with Gasteiger partial charge in [0.2, 0.25) is 5.91 Å². The molecule has 1 amide bonds. The monoisotopic (exact) mass is 238 g/mol. The quantitative estimate of drug-likeness (QED) is 0.444. The van der Waals surface area contributed by atoms with Crippen molar-refractivity contribution in [3.05, 3.63) is 24.3 Å². The number of benzene rings is 1. The topological polar surface area (TPSA) is 73.6 Å². The van der Waals surface area contributed by atoms with Crippen LogP contribution in [0.2, 0.25) is 0 Å². The molecule has 5 heteroatoms. The number of carbonyl (C=O) groups is 1. The van der Waals surface area contributed by atoms with Crippen LogP contribution in [0.5, 0.6) is 11.5 Å². The Kier molecular flexibility index (Phi) is 5.29. The largest absolute Gasteiger partial charge is 0.497 e. The molecule has 1 aromatic rings. The first-order chi connectivity index (χ1) is 8.15. The van der Waals surface area contributed by atoms with Gasteiger partial charge in [0.25, 0.3) is 0 Å². The van der Waals surface area contributed by atoms with Gasteiger partial charge in [-0.2, -0.15) is 0 Å². The molecule has 0 bridgehead atoms. The normalized spacial score (nSPS) is 11.7. The number of hydrogen-bond acceptors (Lipinski definition) is 4. The minimum atomic E-state index is -0.189. The number of nitrogens with one attached hydrogen (secondary N) is 1. The number of carbonyl (C=O) groups excluding carboxylic acids is 1. The lowest BCUT2D eigenvalue weighted by Crippen LogP contribution is -2.30. The van der Waals surface area contributed by atoms with Gasteiger partial charge in [0.15, 0.2) is 0 Å². The molecule has 1 atom stereocenters. The van der Waals surface area contributed by atoms with Crippen molar-refractivity contribution in [1.29, 1.82) is 0 Å². The Bertz CT molecular complexity index is 369. The average Bonchev–Trinajstić information content (AvgIpc) is 2.36. The van der Waals surface area contributed by atoms with Crippen molar-refractivity contribution >= 4 is 5.91 Å². The minimum Gasteiger partial charge on any atom is -0.497 e. The molecule has 0 radical (unpaired) electrons. The van der Waals surface area contributed by atoms with E-state index < -0.39 is 0 Å². The first-order valence-corrected chi connectivity index (χ1v) is 5.46. The Morgan fingerprint density at radius 2 is 2.18 bits per heavy atom. The molecule has 5 nitrogen and oxygen atoms in total. The Hall–Kier alpha value is -1.75. The van der Waals surface area contributed by atoms with E-state index in [2.05, 4.69) is 5.43 Å². The van der Waals surface area contributed by atoms with Crippen molar-refractivity contribution in [2.45, 2.75) is 25.9 Å². The van der Waals surface area contributed by atoms with E-state index >= 15 is 0 Å². The van der Waals surface area contributed by atoms with Crippen molar-refractivity contribution < 1.29 is 14.3 Å². The SMILES string of the molecule is COc1cccc(OC(C)CCC(=O)NN)c1. The van der Waals surface area contributed by atoms with Crippen LogP contribution in [0, 0.1) is 0 Å². The van der Waals surface area contributed by atoms with Gasteiger partial charge >= 0.3 is 0 Å². The lowest BCUT2D eigenvalue weighted by atomic mass is 10.2. The summed E-state index contributed by atoms with van der Waals surface area (Å²) in [6.07, 6.45) is 0.904. The maximum absolute atomic E-state index is 11.0. The third kappa shape index (κ3) is 4.74. The molecule has 0 spiro atoms. The first-order valence-electron chi connectivity index (χ1n) is 5.46. The molecule has 0 heterocycles. The molecule has 0 aliphatic rings. The van der Waals surface area contributed by atoms with Crippen LogP contribution in [0.4, 0.5) is 0 Å². The Morgan fingerprint density at radius 1 is 1.47 bits per heavy atom. The number of methoxy groups -OCH3 is 1. The second kappa shape index (κ2) is 6.75. The predicted octanol–water partition coefficient (Wildman–Crippen LogP) is 1.23. The number of ether oxygens (including phenoxy) is 2. The van der Waals surface area contributed by atoms with E-state index in [9.17, 15) is 4.79 Å². The second-order valence-electron chi connectivity index (χ2n) is 3.71. The zero-order valence-electron chi connectivity index (χ0n) is 10.1. The summed E-state index contributed by atoms with van der Waals surface area (Å²) in [5, 5.41) is 0. The molecular formula is C12H18N2O3. The summed E-state index contributed by atoms with van der Waals surface area (Å²) >= 11 is 0. The molecule has 0 saturated carbocycles. The van der Waals surface area contributed by atoms with Crippen LogP contribution < -0.4 is 20.7 Å². The molecule has 0 aliphatic carbocycles. The molecule has 1 rings (SSSR count). The van der Waals surface area contributed by atoms with E-state index in [-0.39, 0.29) is 12.0 Å². The van der Waals surface area contributed by atoms with E-state index in [1.54, 1.807) is 13.2 Å². The molecule has 0 aromatic heterocycles. The van der Waals surface area contributed by atoms with Crippen LogP contribution in [0.25, 0.3) is 0 Å². The summed E-state index contributed by atoms with van der Waals surface area (Å²) in [6, 6.07) is 7.36. The second-order valence-corrected chi connectivity index (χ2v) is 3.71. The van der Waals surface area contributed by atoms with Crippen LogP contribution in [0.1, 0.15) is 19.8 Å². The summed E-state index contributed by atoms with van der Waals surface area (Å²) in [7, 11) is 1.61. The fourth-order valence-corrected chi connectivity index (χ4v) is 1.37. The highest BCUT2D eigenvalue weighted by Crippen LogP contribution is 2.20. The highest BCUT2D eigenvalue weighted by molar-refractivity contribution is 5.75. The highest BCUT2D eigenvalue weighted by atomic mass is 16.5. The number of nitrogens with two attached hydrogens (primary N) is 1. The lowest BCUT2D eigenvalue weighted by molar-refractivity contribution is -0.121. The number of amides is 1. The summed E-state index contributed by atoms with van der Waals surface area (Å²) in [5.41, 5.74) is 2.09. The lowest BCUT2D eigenvalue weighted by Gasteiger charge is -2.14. The molecule has 1 unspecified atom stereocenters. The van der Waals surface area contributed by atoms with Crippen molar-refractivity contribution in [1.82, 2.24) is 5.43 Å². The van der Waals surface area contributed by atoms with Gasteiger partial charge in [-0.3, -0.25) is 10.2 Å². The smallest absolute Gasteiger partial charge is 0.234 e. The maximum atomic E-state index is 11.0. The first kappa shape index (κ1) is 13.3. The standard InChI is InChI=1S/C12H18N2O3/c1-9(6-7-12(15)14-13)17-11-5-3-4-10(8-11)16-2/h3-5,8-9H,6-7,13H2,1-2H3,(H,14,15). The number of hydrogen-bond donors (Lipinski definition) is 2. The predicted molar refractivity (Wildman–Crippen MR) is 64.6 cm³/mol. The van der Waals surface area contributed by atoms with Gasteiger partial charge in [-0.25, -0.2) is 5.84 Å². The van der Waals surface area contributed by atoms with Gasteiger partial charge < -0.3 is 9.47 Å². The number of rotatable bonds is 6. The molecule has 1 aromatic carbocycles. The molecule has 0 aliphatic heterocycles. The van der Waals surface area contributed by atoms with E-state index in [1.165, 1.54) is 0 Å². The van der Waals surface area contributed by atoms with Crippen molar-refractivity contribution in [2.75, 3.05) is 7.11 Å². The molecule has 3 N–H and O–H groups in total. The Morgan fingerprint density at radius 3 is 2.82 bits per heavy atom. The van der Waals surface area contributed by atoms with Crippen molar-refractivity contribution in [3.8, 4) is 11.5 Å². The van der Waals surface area contributed by atoms with Crippen LogP contribution >= 0.6 is 0 Å². The van der Waals surface area contributed by atoms with Gasteiger partial charge in [-0.15, -0.1) is 0 Å². The Labute approximate surface area is 101 Å². The zero-order chi connectivity index (χ0) is 12.7. The van der Waals surface area contributed by atoms with Gasteiger partial charge in [-0.05, 0) is 25.5 Å². The third-order valence-electron chi connectivity index (χ3n) is 2.32. The highest BCUT2D eigenvalue weighted by Gasteiger charge is 2.07. The summed E-state index contributed by atoms with van der Waals surface area (Å²) in [5.74, 6) is 6.27. The van der Waals surface area contributed by atoms with Crippen LogP contribution in [0.3, 0.4) is 0 Å². The number of hydrazine groups is 1. The molecule has 17 heavy (non-hydrogen) atoms. The third-order valence-corrected chi connectivity index (χ3v) is 2.32. The van der Waals surface area contributed by atoms with Crippen molar-refractivity contribution in [3.63, 3.8) is 0 Å². The van der Waals surface area contributed by atoms with Crippen LogP contribution in [-0.2, 0) is 4.79 Å². The van der Waals surface area contributed by atoms with Crippen LogP contribution in [-0.4, -0.2) is 19.1 Å². The van der Waals surface area contributed by atoms with E-state index in [4.69, 9.17) is 15.3 Å². The summed E-state index contributed by atoms with van der Waals surface area (Å²) in [6.45, 7) is 1.91. The van der Waals surface area contributed by atoms with Gasteiger partial charge in [-0.1, -0.05) is 6.07 Å². The van der Waals surface area contributed by atoms with Gasteiger partial charge in [0.05, 0.1) is 13.2 Å². The maximum Gasteiger partial charge on any atom is 0.234 e. The van der Waals surface area contributed by atoms with Gasteiger partial charge in [0, 0.05) is 12.5 Å². The van der Waals surface area contributed by atoms with Crippen molar-refractivity contribution in [2.24, 2.45) is 5.84 Å². The van der Waals surface area contributed by atoms with E-state index in [1.807, 2.05) is 25.1 Å². The fraction of sp³-hybridized carbons (Fsp3) is 0.417. The van der Waals surface area contributed by atoms with Gasteiger partial charge in [0.1, 0.15) is 11.5 Å². The zero-order valence-corrected chi connectivity index (χ0v) is 10.1. The fourth-order valence-electron chi connectivity index (χ4n) is 1.37. The average molecular weight is 238 g/mol. The summed E-state index contributed by atoms with van der Waals surface area (Å²) < 4.78 is 10.7. The van der Waals surface area contributed by atoms with E-state index in [0.29, 0.717) is 12.8 Å². The van der Waals surface area contributed by atoms with Crippen LogP contribution in [0.15, 0.2) is 24.3 Å². The molecule has 0 fully saturated rings.